The number of ketones is 1. The molecule has 2 saturated carbocycles. The molecule has 1 spiro atoms. The minimum atomic E-state index is -0.230. The molecular weight excluding hydrogens is 432 g/mol. The van der Waals surface area contributed by atoms with E-state index < -0.39 is 0 Å². The Balaban J connectivity index is 0.000000178. The third kappa shape index (κ3) is 6.23. The van der Waals surface area contributed by atoms with Crippen molar-refractivity contribution in [3.63, 3.8) is 0 Å². The molecule has 3 heterocycles. The summed E-state index contributed by atoms with van der Waals surface area (Å²) in [6.07, 6.45) is 8.04. The average Bonchev–Trinajstić information content (AvgIpc) is 3.28. The van der Waals surface area contributed by atoms with Crippen molar-refractivity contribution in [2.75, 3.05) is 65.8 Å². The second kappa shape index (κ2) is 11.4. The van der Waals surface area contributed by atoms with Crippen molar-refractivity contribution in [2.45, 2.75) is 82.1 Å². The summed E-state index contributed by atoms with van der Waals surface area (Å²) in [7, 11) is 0. The molecule has 5 rings (SSSR count). The summed E-state index contributed by atoms with van der Waals surface area (Å²) >= 11 is 0. The van der Waals surface area contributed by atoms with Crippen LogP contribution in [-0.2, 0) is 23.7 Å². The van der Waals surface area contributed by atoms with Gasteiger partial charge in [-0.1, -0.05) is 0 Å². The van der Waals surface area contributed by atoms with Crippen LogP contribution in [0, 0.1) is 0 Å². The predicted molar refractivity (Wildman–Crippen MR) is 125 cm³/mol. The molecule has 0 radical (unpaired) electrons. The van der Waals surface area contributed by atoms with E-state index in [1.807, 2.05) is 0 Å². The van der Waals surface area contributed by atoms with E-state index in [0.29, 0.717) is 11.3 Å². The zero-order valence-electron chi connectivity index (χ0n) is 20.1. The van der Waals surface area contributed by atoms with Gasteiger partial charge < -0.3 is 18.9 Å². The summed E-state index contributed by atoms with van der Waals surface area (Å²) in [4.78, 5) is 16.3. The highest BCUT2D eigenvalue weighted by molar-refractivity contribution is 5.85. The summed E-state index contributed by atoms with van der Waals surface area (Å²) in [5, 5.41) is 0. The lowest BCUT2D eigenvalue weighted by atomic mass is 9.78. The number of Topliss-reactive ketones (excluding diaryl/α,β-unsaturated/α-hetero) is 1. The fourth-order valence-corrected chi connectivity index (χ4v) is 5.86. The van der Waals surface area contributed by atoms with E-state index in [1.165, 1.54) is 12.8 Å². The molecule has 0 bridgehead atoms. The van der Waals surface area contributed by atoms with Gasteiger partial charge in [-0.05, 0) is 39.5 Å². The fourth-order valence-electron chi connectivity index (χ4n) is 5.86. The van der Waals surface area contributed by atoms with Gasteiger partial charge in [0.05, 0.1) is 39.6 Å². The predicted octanol–water partition coefficient (Wildman–Crippen LogP) is 3.04. The number of carbonyl (C=O) groups excluding carboxylic acids is 1. The van der Waals surface area contributed by atoms with Gasteiger partial charge in [0.2, 0.25) is 0 Å². The summed E-state index contributed by atoms with van der Waals surface area (Å²) in [5.74, 6) is 0.210. The monoisotopic (exact) mass is 474 g/mol. The lowest BCUT2D eigenvalue weighted by molar-refractivity contribution is -0.195. The Morgan fingerprint density at radius 3 is 1.47 bits per heavy atom. The molecule has 186 valence electrons. The van der Waals surface area contributed by atoms with E-state index in [9.17, 15) is 4.79 Å². The lowest BCUT2D eigenvalue weighted by Gasteiger charge is -2.49. The van der Waals surface area contributed by atoms with Crippen LogP contribution in [0.1, 0.15) is 65.2 Å². The number of hydrogen-bond acceptors (Lipinski definition) is 7. The maximum atomic E-state index is 11.2. The van der Waals surface area contributed by atoms with Gasteiger partial charge in [0.15, 0.2) is 5.79 Å². The van der Waals surface area contributed by atoms with Gasteiger partial charge in [-0.15, -0.1) is 12.4 Å². The highest BCUT2D eigenvalue weighted by atomic mass is 35.5. The third-order valence-corrected chi connectivity index (χ3v) is 8.34. The highest BCUT2D eigenvalue weighted by Gasteiger charge is 2.46. The smallest absolute Gasteiger partial charge is 0.168 e. The van der Waals surface area contributed by atoms with Gasteiger partial charge in [0.1, 0.15) is 5.78 Å². The largest absolute Gasteiger partial charge is 0.379 e. The SMILES string of the molecule is CC1(N2CCOCC2)CCC(=O)CC1.CC1(N2CCOCC2)CCC2(CC1)OCCO2.Cl. The number of carbonyl (C=O) groups is 1. The molecule has 7 nitrogen and oxygen atoms in total. The number of halogens is 1. The van der Waals surface area contributed by atoms with Crippen molar-refractivity contribution in [3.8, 4) is 0 Å². The maximum Gasteiger partial charge on any atom is 0.168 e. The van der Waals surface area contributed by atoms with Crippen LogP contribution in [-0.4, -0.2) is 98.3 Å². The molecule has 0 aromatic heterocycles. The molecule has 0 aromatic carbocycles. The van der Waals surface area contributed by atoms with E-state index in [4.69, 9.17) is 18.9 Å². The number of morpholine rings is 2. The van der Waals surface area contributed by atoms with E-state index in [2.05, 4.69) is 23.6 Å². The third-order valence-electron chi connectivity index (χ3n) is 8.34. The van der Waals surface area contributed by atoms with Crippen molar-refractivity contribution < 1.29 is 23.7 Å². The molecule has 0 amide bonds. The fraction of sp³-hybridized carbons (Fsp3) is 0.958. The number of hydrogen-bond donors (Lipinski definition) is 0. The second-order valence-corrected chi connectivity index (χ2v) is 10.3. The van der Waals surface area contributed by atoms with Crippen molar-refractivity contribution in [2.24, 2.45) is 0 Å². The molecular formula is C24H43ClN2O5. The summed E-state index contributed by atoms with van der Waals surface area (Å²) in [5.41, 5.74) is 0.585. The van der Waals surface area contributed by atoms with Gasteiger partial charge in [0.25, 0.3) is 0 Å². The van der Waals surface area contributed by atoms with Gasteiger partial charge in [0, 0.05) is 62.9 Å². The standard InChI is InChI=1S/C13H23NO3.C11H19NO2.ClH/c1-12(14-6-8-15-9-7-14)2-4-13(5-3-12)16-10-11-17-13;1-11(4-2-10(13)3-5-11)12-6-8-14-9-7-12;/h2-11H2,1H3;2-9H2,1H3;1H. The number of rotatable bonds is 2. The van der Waals surface area contributed by atoms with Crippen LogP contribution in [0.3, 0.4) is 0 Å². The minimum Gasteiger partial charge on any atom is -0.379 e. The van der Waals surface area contributed by atoms with Crippen molar-refractivity contribution in [1.82, 2.24) is 9.80 Å². The summed E-state index contributed by atoms with van der Waals surface area (Å²) in [6, 6.07) is 0. The van der Waals surface area contributed by atoms with E-state index in [-0.39, 0.29) is 23.7 Å². The van der Waals surface area contributed by atoms with Crippen LogP contribution < -0.4 is 0 Å². The molecule has 0 N–H and O–H groups in total. The molecule has 0 unspecified atom stereocenters. The molecule has 3 saturated heterocycles. The highest BCUT2D eigenvalue weighted by Crippen LogP contribution is 2.42. The summed E-state index contributed by atoms with van der Waals surface area (Å²) in [6.45, 7) is 13.9. The van der Waals surface area contributed by atoms with Crippen molar-refractivity contribution >= 4 is 18.2 Å². The summed E-state index contributed by atoms with van der Waals surface area (Å²) < 4.78 is 22.4. The first-order valence-corrected chi connectivity index (χ1v) is 12.4. The lowest BCUT2D eigenvalue weighted by Crippen LogP contribution is -2.55. The van der Waals surface area contributed by atoms with Crippen LogP contribution in [0.5, 0.6) is 0 Å². The molecule has 5 aliphatic rings. The van der Waals surface area contributed by atoms with Crippen molar-refractivity contribution in [3.05, 3.63) is 0 Å². The van der Waals surface area contributed by atoms with Crippen LogP contribution in [0.25, 0.3) is 0 Å². The van der Waals surface area contributed by atoms with E-state index >= 15 is 0 Å². The topological polar surface area (TPSA) is 60.5 Å². The first kappa shape index (κ1) is 26.3. The first-order chi connectivity index (χ1) is 14.9. The molecule has 3 aliphatic heterocycles. The van der Waals surface area contributed by atoms with Crippen LogP contribution in [0.4, 0.5) is 0 Å². The van der Waals surface area contributed by atoms with Crippen LogP contribution in [0.2, 0.25) is 0 Å². The van der Waals surface area contributed by atoms with Crippen molar-refractivity contribution in [1.29, 1.82) is 0 Å². The zero-order valence-corrected chi connectivity index (χ0v) is 20.9. The van der Waals surface area contributed by atoms with Crippen LogP contribution in [0.15, 0.2) is 0 Å². The maximum absolute atomic E-state index is 11.2. The molecule has 2 aliphatic carbocycles. The van der Waals surface area contributed by atoms with E-state index in [0.717, 1.165) is 104 Å². The molecule has 0 aromatic rings. The Hall–Kier alpha value is -0.280. The number of nitrogens with zero attached hydrogens (tertiary/aromatic N) is 2. The molecule has 32 heavy (non-hydrogen) atoms. The molecule has 8 heteroatoms. The number of ether oxygens (including phenoxy) is 4. The Morgan fingerprint density at radius 2 is 1.03 bits per heavy atom. The Kier molecular flexibility index (Phi) is 9.40. The molecule has 0 atom stereocenters. The van der Waals surface area contributed by atoms with Gasteiger partial charge in [-0.3, -0.25) is 14.6 Å². The Morgan fingerprint density at radius 1 is 0.625 bits per heavy atom. The quantitative estimate of drug-likeness (QED) is 0.609. The van der Waals surface area contributed by atoms with Gasteiger partial charge >= 0.3 is 0 Å². The second-order valence-electron chi connectivity index (χ2n) is 10.3. The molecule has 5 fully saturated rings. The average molecular weight is 475 g/mol. The van der Waals surface area contributed by atoms with Gasteiger partial charge in [-0.2, -0.15) is 0 Å². The van der Waals surface area contributed by atoms with E-state index in [1.54, 1.807) is 0 Å². The van der Waals surface area contributed by atoms with Crippen LogP contribution >= 0.6 is 12.4 Å². The minimum absolute atomic E-state index is 0. The zero-order chi connectivity index (χ0) is 21.8. The Bertz CT molecular complexity index is 581. The van der Waals surface area contributed by atoms with Gasteiger partial charge in [-0.25, -0.2) is 0 Å². The normalized spacial score (nSPS) is 30.2. The Labute approximate surface area is 199 Å². The first-order valence-electron chi connectivity index (χ1n) is 12.4.